The fraction of sp³-hybridized carbons (Fsp3) is 0.429. The molecule has 2 amide bonds. The third kappa shape index (κ3) is 4.32. The number of aryl methyl sites for hydroxylation is 2. The minimum absolute atomic E-state index is 0.154. The van der Waals surface area contributed by atoms with Gasteiger partial charge in [-0.05, 0) is 51.0 Å². The van der Waals surface area contributed by atoms with Gasteiger partial charge in [0.1, 0.15) is 17.0 Å². The molecule has 170 valence electrons. The van der Waals surface area contributed by atoms with Crippen LogP contribution in [0.3, 0.4) is 0 Å². The highest BCUT2D eigenvalue weighted by atomic mass is 19.4. The summed E-state index contributed by atoms with van der Waals surface area (Å²) < 4.78 is 45.7. The summed E-state index contributed by atoms with van der Waals surface area (Å²) in [6.45, 7) is 4.11. The maximum absolute atomic E-state index is 12.9. The molecular formula is C21H22F3N5O3. The number of furan rings is 1. The Morgan fingerprint density at radius 3 is 2.72 bits per heavy atom. The fourth-order valence-corrected chi connectivity index (χ4v) is 3.99. The number of amides is 2. The molecule has 3 heterocycles. The van der Waals surface area contributed by atoms with Crippen molar-refractivity contribution in [3.8, 4) is 0 Å². The number of alkyl halides is 3. The standard InChI is InChI=1S/C21H22F3N5O3/c1-12-8-16(13(2)32-12)20(31)25-10-19(30)28-7-3-4-15(11-28)29-18-6-5-14(21(22,23)24)9-17(18)26-27-29/h5-6,8-9,15H,3-4,7,10-11H2,1-2H3,(H,25,31). The van der Waals surface area contributed by atoms with Gasteiger partial charge in [-0.3, -0.25) is 9.59 Å². The summed E-state index contributed by atoms with van der Waals surface area (Å²) in [7, 11) is 0. The smallest absolute Gasteiger partial charge is 0.416 e. The molecule has 1 N–H and O–H groups in total. The number of nitrogens with one attached hydrogen (secondary N) is 1. The van der Waals surface area contributed by atoms with Gasteiger partial charge in [0.15, 0.2) is 0 Å². The van der Waals surface area contributed by atoms with E-state index in [1.165, 1.54) is 6.07 Å². The lowest BCUT2D eigenvalue weighted by Gasteiger charge is -2.33. The van der Waals surface area contributed by atoms with E-state index in [2.05, 4.69) is 15.6 Å². The summed E-state index contributed by atoms with van der Waals surface area (Å²) in [5.41, 5.74) is 0.244. The van der Waals surface area contributed by atoms with Crippen molar-refractivity contribution in [2.45, 2.75) is 38.9 Å². The Kier molecular flexibility index (Phi) is 5.66. The molecule has 8 nitrogen and oxygen atoms in total. The number of hydrogen-bond donors (Lipinski definition) is 1. The summed E-state index contributed by atoms with van der Waals surface area (Å²) in [6.07, 6.45) is -3.04. The molecule has 0 spiro atoms. The van der Waals surface area contributed by atoms with Gasteiger partial charge < -0.3 is 14.6 Å². The minimum Gasteiger partial charge on any atom is -0.466 e. The van der Waals surface area contributed by atoms with Crippen molar-refractivity contribution in [1.82, 2.24) is 25.2 Å². The van der Waals surface area contributed by atoms with Crippen LogP contribution in [0.2, 0.25) is 0 Å². The van der Waals surface area contributed by atoms with E-state index in [0.717, 1.165) is 12.1 Å². The van der Waals surface area contributed by atoms with Gasteiger partial charge in [0.25, 0.3) is 5.91 Å². The monoisotopic (exact) mass is 449 g/mol. The van der Waals surface area contributed by atoms with E-state index < -0.39 is 11.7 Å². The molecule has 0 bridgehead atoms. The number of nitrogens with zero attached hydrogens (tertiary/aromatic N) is 4. The van der Waals surface area contributed by atoms with E-state index in [4.69, 9.17) is 4.42 Å². The van der Waals surface area contributed by atoms with E-state index >= 15 is 0 Å². The van der Waals surface area contributed by atoms with Gasteiger partial charge in [-0.25, -0.2) is 4.68 Å². The molecular weight excluding hydrogens is 427 g/mol. The van der Waals surface area contributed by atoms with Gasteiger partial charge in [0, 0.05) is 13.1 Å². The average Bonchev–Trinajstić information content (AvgIpc) is 3.33. The van der Waals surface area contributed by atoms with Crippen LogP contribution in [0.15, 0.2) is 28.7 Å². The number of rotatable bonds is 4. The molecule has 0 radical (unpaired) electrons. The lowest BCUT2D eigenvalue weighted by molar-refractivity contribution is -0.137. The highest BCUT2D eigenvalue weighted by Gasteiger charge is 2.32. The number of benzene rings is 1. The first-order chi connectivity index (χ1) is 15.1. The third-order valence-electron chi connectivity index (χ3n) is 5.58. The van der Waals surface area contributed by atoms with Gasteiger partial charge in [-0.1, -0.05) is 5.21 Å². The maximum atomic E-state index is 12.9. The Labute approximate surface area is 181 Å². The quantitative estimate of drug-likeness (QED) is 0.660. The fourth-order valence-electron chi connectivity index (χ4n) is 3.99. The topological polar surface area (TPSA) is 93.3 Å². The first kappa shape index (κ1) is 21.8. The molecule has 1 unspecified atom stereocenters. The predicted octanol–water partition coefficient (Wildman–Crippen LogP) is 3.25. The van der Waals surface area contributed by atoms with Crippen LogP contribution < -0.4 is 5.32 Å². The predicted molar refractivity (Wildman–Crippen MR) is 108 cm³/mol. The van der Waals surface area contributed by atoms with Crippen LogP contribution in [0.25, 0.3) is 11.0 Å². The third-order valence-corrected chi connectivity index (χ3v) is 5.58. The molecule has 32 heavy (non-hydrogen) atoms. The van der Waals surface area contributed by atoms with E-state index in [9.17, 15) is 22.8 Å². The van der Waals surface area contributed by atoms with Gasteiger partial charge in [-0.15, -0.1) is 5.10 Å². The average molecular weight is 449 g/mol. The van der Waals surface area contributed by atoms with Crippen LogP contribution in [-0.4, -0.2) is 51.3 Å². The van der Waals surface area contributed by atoms with Crippen LogP contribution in [0, 0.1) is 13.8 Å². The van der Waals surface area contributed by atoms with Gasteiger partial charge in [0.05, 0.1) is 29.2 Å². The molecule has 0 aliphatic carbocycles. The number of aromatic nitrogens is 3. The van der Waals surface area contributed by atoms with Crippen molar-refractivity contribution >= 4 is 22.8 Å². The van der Waals surface area contributed by atoms with Crippen LogP contribution >= 0.6 is 0 Å². The van der Waals surface area contributed by atoms with Crippen LogP contribution in [0.5, 0.6) is 0 Å². The highest BCUT2D eigenvalue weighted by Crippen LogP contribution is 2.32. The molecule has 2 aromatic heterocycles. The number of hydrogen-bond acceptors (Lipinski definition) is 5. The van der Waals surface area contributed by atoms with E-state index in [1.54, 1.807) is 29.5 Å². The molecule has 1 aromatic carbocycles. The molecule has 1 aliphatic rings. The maximum Gasteiger partial charge on any atom is 0.416 e. The largest absolute Gasteiger partial charge is 0.466 e. The summed E-state index contributed by atoms with van der Waals surface area (Å²) in [4.78, 5) is 26.6. The summed E-state index contributed by atoms with van der Waals surface area (Å²) in [5.74, 6) is 0.464. The van der Waals surface area contributed by atoms with Crippen molar-refractivity contribution in [1.29, 1.82) is 0 Å². The lowest BCUT2D eigenvalue weighted by atomic mass is 10.1. The first-order valence-corrected chi connectivity index (χ1v) is 10.2. The molecule has 0 saturated carbocycles. The zero-order chi connectivity index (χ0) is 23.0. The van der Waals surface area contributed by atoms with Gasteiger partial charge in [-0.2, -0.15) is 13.2 Å². The number of halogens is 3. The molecule has 4 rings (SSSR count). The molecule has 3 aromatic rings. The molecule has 11 heteroatoms. The number of piperidine rings is 1. The van der Waals surface area contributed by atoms with E-state index in [-0.39, 0.29) is 29.9 Å². The van der Waals surface area contributed by atoms with Gasteiger partial charge in [0.2, 0.25) is 5.91 Å². The zero-order valence-corrected chi connectivity index (χ0v) is 17.6. The Morgan fingerprint density at radius 2 is 2.03 bits per heavy atom. The Bertz CT molecular complexity index is 1170. The van der Waals surface area contributed by atoms with Crippen molar-refractivity contribution in [3.05, 3.63) is 46.9 Å². The number of likely N-dealkylation sites (tertiary alicyclic amines) is 1. The van der Waals surface area contributed by atoms with Crippen molar-refractivity contribution < 1.29 is 27.2 Å². The summed E-state index contributed by atoms with van der Waals surface area (Å²) >= 11 is 0. The number of carbonyl (C=O) groups is 2. The number of fused-ring (bicyclic) bond motifs is 1. The summed E-state index contributed by atoms with van der Waals surface area (Å²) in [5, 5.41) is 10.5. The lowest BCUT2D eigenvalue weighted by Crippen LogP contribution is -2.45. The highest BCUT2D eigenvalue weighted by molar-refractivity contribution is 5.97. The van der Waals surface area contributed by atoms with Crippen LogP contribution in [0.1, 0.15) is 46.3 Å². The molecule has 1 aliphatic heterocycles. The van der Waals surface area contributed by atoms with E-state index in [1.807, 2.05) is 0 Å². The van der Waals surface area contributed by atoms with Crippen LogP contribution in [-0.2, 0) is 11.0 Å². The Hall–Kier alpha value is -3.37. The normalized spacial score (nSPS) is 17.0. The first-order valence-electron chi connectivity index (χ1n) is 10.2. The molecule has 1 fully saturated rings. The summed E-state index contributed by atoms with van der Waals surface area (Å²) in [6, 6.07) is 4.73. The second-order valence-electron chi connectivity index (χ2n) is 7.88. The SMILES string of the molecule is Cc1cc(C(=O)NCC(=O)N2CCCC(n3nnc4cc(C(F)(F)F)ccc43)C2)c(C)o1. The Balaban J connectivity index is 1.42. The minimum atomic E-state index is -4.45. The second kappa shape index (κ2) is 8.29. The Morgan fingerprint density at radius 1 is 1.25 bits per heavy atom. The van der Waals surface area contributed by atoms with Crippen molar-refractivity contribution in [2.75, 3.05) is 19.6 Å². The zero-order valence-electron chi connectivity index (χ0n) is 17.6. The molecule has 1 atom stereocenters. The van der Waals surface area contributed by atoms with Crippen molar-refractivity contribution in [3.63, 3.8) is 0 Å². The van der Waals surface area contributed by atoms with E-state index in [0.29, 0.717) is 48.5 Å². The van der Waals surface area contributed by atoms with Crippen molar-refractivity contribution in [2.24, 2.45) is 0 Å². The second-order valence-corrected chi connectivity index (χ2v) is 7.88. The number of carbonyl (C=O) groups excluding carboxylic acids is 2. The molecule has 1 saturated heterocycles. The van der Waals surface area contributed by atoms with Crippen LogP contribution in [0.4, 0.5) is 13.2 Å². The van der Waals surface area contributed by atoms with Gasteiger partial charge >= 0.3 is 6.18 Å².